The number of nitro groups is 1. The molecule has 2 heterocycles. The maximum atomic E-state index is 10.7. The summed E-state index contributed by atoms with van der Waals surface area (Å²) in [6, 6.07) is 6.21. The second-order valence-electron chi connectivity index (χ2n) is 4.18. The van der Waals surface area contributed by atoms with E-state index in [2.05, 4.69) is 25.3 Å². The minimum atomic E-state index is -0.446. The first-order valence-corrected chi connectivity index (χ1v) is 6.96. The van der Waals surface area contributed by atoms with Crippen molar-refractivity contribution in [3.05, 3.63) is 57.6 Å². The van der Waals surface area contributed by atoms with E-state index in [-0.39, 0.29) is 5.69 Å². The molecule has 0 amide bonds. The Morgan fingerprint density at radius 3 is 3.09 bits per heavy atom. The van der Waals surface area contributed by atoms with Crippen LogP contribution in [0.5, 0.6) is 0 Å². The number of hydrogen-bond acceptors (Lipinski definition) is 8. The fraction of sp³-hybridized carbons (Fsp3) is 0.0833. The van der Waals surface area contributed by atoms with Crippen molar-refractivity contribution >= 4 is 28.4 Å². The molecule has 0 saturated heterocycles. The molecule has 9 nitrogen and oxygen atoms in total. The van der Waals surface area contributed by atoms with Gasteiger partial charge in [-0.2, -0.15) is 5.10 Å². The van der Waals surface area contributed by atoms with Crippen molar-refractivity contribution in [1.29, 1.82) is 0 Å². The molecule has 0 atom stereocenters. The van der Waals surface area contributed by atoms with Gasteiger partial charge in [-0.3, -0.25) is 10.1 Å². The summed E-state index contributed by atoms with van der Waals surface area (Å²) in [6.07, 6.45) is 4.56. The largest absolute Gasteiger partial charge is 0.270 e. The molecule has 3 rings (SSSR count). The summed E-state index contributed by atoms with van der Waals surface area (Å²) in [5.74, 6) is 0. The summed E-state index contributed by atoms with van der Waals surface area (Å²) in [4.78, 5) is 18.3. The second kappa shape index (κ2) is 6.18. The highest BCUT2D eigenvalue weighted by atomic mass is 32.1. The topological polar surface area (TPSA) is 112 Å². The summed E-state index contributed by atoms with van der Waals surface area (Å²) in [7, 11) is 0. The third-order valence-electron chi connectivity index (χ3n) is 2.63. The quantitative estimate of drug-likeness (QED) is 0.403. The van der Waals surface area contributed by atoms with Gasteiger partial charge in [-0.15, -0.1) is 10.2 Å². The first-order chi connectivity index (χ1) is 10.7. The van der Waals surface area contributed by atoms with Gasteiger partial charge in [0.15, 0.2) is 0 Å². The van der Waals surface area contributed by atoms with Gasteiger partial charge in [0, 0.05) is 18.3 Å². The van der Waals surface area contributed by atoms with Crippen molar-refractivity contribution < 1.29 is 4.92 Å². The van der Waals surface area contributed by atoms with E-state index in [4.69, 9.17) is 0 Å². The molecule has 2 aromatic heterocycles. The average molecular weight is 315 g/mol. The maximum Gasteiger partial charge on any atom is 0.270 e. The molecule has 10 heteroatoms. The number of rotatable bonds is 5. The van der Waals surface area contributed by atoms with Crippen LogP contribution < -0.4 is 0 Å². The van der Waals surface area contributed by atoms with Gasteiger partial charge in [-0.05, 0) is 5.56 Å². The third kappa shape index (κ3) is 3.35. The van der Waals surface area contributed by atoms with Crippen LogP contribution in [-0.4, -0.2) is 36.1 Å². The lowest BCUT2D eigenvalue weighted by Gasteiger charge is -1.93. The van der Waals surface area contributed by atoms with Crippen molar-refractivity contribution in [3.8, 4) is 0 Å². The Morgan fingerprint density at radius 1 is 1.41 bits per heavy atom. The number of benzene rings is 1. The van der Waals surface area contributed by atoms with Crippen LogP contribution in [0.1, 0.15) is 10.6 Å². The van der Waals surface area contributed by atoms with Crippen LogP contribution in [0.25, 0.3) is 0 Å². The lowest BCUT2D eigenvalue weighted by Crippen LogP contribution is -1.99. The highest BCUT2D eigenvalue weighted by Gasteiger charge is 2.06. The monoisotopic (exact) mass is 315 g/mol. The Hall–Kier alpha value is -3.01. The van der Waals surface area contributed by atoms with Gasteiger partial charge in [0.05, 0.1) is 11.5 Å². The molecule has 0 aliphatic rings. The minimum Gasteiger partial charge on any atom is -0.258 e. The molecule has 0 fully saturated rings. The summed E-state index contributed by atoms with van der Waals surface area (Å²) >= 11 is 1.32. The Morgan fingerprint density at radius 2 is 2.32 bits per heavy atom. The van der Waals surface area contributed by atoms with Crippen molar-refractivity contribution in [1.82, 2.24) is 25.0 Å². The van der Waals surface area contributed by atoms with Gasteiger partial charge in [0.25, 0.3) is 5.69 Å². The van der Waals surface area contributed by atoms with Gasteiger partial charge < -0.3 is 0 Å². The average Bonchev–Trinajstić information content (AvgIpc) is 3.18. The molecule has 0 N–H and O–H groups in total. The van der Waals surface area contributed by atoms with Crippen LogP contribution in [0.3, 0.4) is 0 Å². The van der Waals surface area contributed by atoms with E-state index in [0.29, 0.717) is 17.2 Å². The van der Waals surface area contributed by atoms with Gasteiger partial charge >= 0.3 is 0 Å². The third-order valence-corrected chi connectivity index (χ3v) is 3.44. The maximum absolute atomic E-state index is 10.7. The van der Waals surface area contributed by atoms with E-state index < -0.39 is 4.92 Å². The van der Waals surface area contributed by atoms with E-state index in [1.807, 2.05) is 0 Å². The Labute approximate surface area is 128 Å². The molecule has 1 aromatic carbocycles. The van der Waals surface area contributed by atoms with E-state index in [1.54, 1.807) is 23.1 Å². The highest BCUT2D eigenvalue weighted by molar-refractivity contribution is 7.14. The molecule has 0 aliphatic carbocycles. The molecule has 110 valence electrons. The molecular formula is C12H9N7O2S. The molecule has 3 aromatic rings. The number of nitro benzene ring substituents is 1. The molecule has 0 aliphatic heterocycles. The molecule has 0 unspecified atom stereocenters. The SMILES string of the molecule is O=[N+]([O-])c1cccc(/C=N/c2nnc(Cn3cncn3)s2)c1. The summed E-state index contributed by atoms with van der Waals surface area (Å²) in [5.41, 5.74) is 0.648. The van der Waals surface area contributed by atoms with Crippen molar-refractivity contribution in [2.45, 2.75) is 6.54 Å². The lowest BCUT2D eigenvalue weighted by molar-refractivity contribution is -0.384. The van der Waals surface area contributed by atoms with E-state index in [9.17, 15) is 10.1 Å². The van der Waals surface area contributed by atoms with E-state index in [0.717, 1.165) is 5.01 Å². The van der Waals surface area contributed by atoms with Gasteiger partial charge in [0.1, 0.15) is 17.7 Å². The zero-order valence-corrected chi connectivity index (χ0v) is 11.9. The first-order valence-electron chi connectivity index (χ1n) is 6.14. The normalized spacial score (nSPS) is 11.1. The predicted octanol–water partition coefficient (Wildman–Crippen LogP) is 1.84. The van der Waals surface area contributed by atoms with Crippen molar-refractivity contribution in [2.24, 2.45) is 4.99 Å². The zero-order valence-electron chi connectivity index (χ0n) is 11.1. The number of non-ortho nitro benzene ring substituents is 1. The summed E-state index contributed by atoms with van der Waals surface area (Å²) < 4.78 is 1.63. The van der Waals surface area contributed by atoms with Crippen LogP contribution in [0.15, 0.2) is 41.9 Å². The number of aromatic nitrogens is 5. The van der Waals surface area contributed by atoms with Crippen LogP contribution in [0.4, 0.5) is 10.8 Å². The van der Waals surface area contributed by atoms with Crippen molar-refractivity contribution in [3.63, 3.8) is 0 Å². The van der Waals surface area contributed by atoms with Crippen LogP contribution >= 0.6 is 11.3 Å². The number of nitrogens with zero attached hydrogens (tertiary/aromatic N) is 7. The van der Waals surface area contributed by atoms with Crippen LogP contribution in [-0.2, 0) is 6.54 Å². The Balaban J connectivity index is 1.71. The molecular weight excluding hydrogens is 306 g/mol. The summed E-state index contributed by atoms with van der Waals surface area (Å²) in [6.45, 7) is 0.476. The summed E-state index contributed by atoms with van der Waals surface area (Å²) in [5, 5.41) is 23.9. The Kier molecular flexibility index (Phi) is 3.92. The van der Waals surface area contributed by atoms with Gasteiger partial charge in [0.2, 0.25) is 5.13 Å². The fourth-order valence-electron chi connectivity index (χ4n) is 1.66. The van der Waals surface area contributed by atoms with Crippen LogP contribution in [0, 0.1) is 10.1 Å². The zero-order chi connectivity index (χ0) is 15.4. The van der Waals surface area contributed by atoms with E-state index >= 15 is 0 Å². The fourth-order valence-corrected chi connectivity index (χ4v) is 2.34. The smallest absolute Gasteiger partial charge is 0.258 e. The molecule has 0 radical (unpaired) electrons. The molecule has 0 spiro atoms. The standard InChI is InChI=1S/C12H9N7O2S/c20-19(21)10-3-1-2-9(4-10)5-14-12-17-16-11(22-12)6-18-8-13-7-15-18/h1-5,7-8H,6H2/b14-5+. The number of hydrogen-bond donors (Lipinski definition) is 0. The van der Waals surface area contributed by atoms with Crippen LogP contribution in [0.2, 0.25) is 0 Å². The number of aliphatic imine (C=N–C) groups is 1. The van der Waals surface area contributed by atoms with Gasteiger partial charge in [-0.1, -0.05) is 23.5 Å². The minimum absolute atomic E-state index is 0.0214. The molecule has 0 bridgehead atoms. The second-order valence-corrected chi connectivity index (χ2v) is 5.22. The molecule has 22 heavy (non-hydrogen) atoms. The Bertz CT molecular complexity index is 813. The molecule has 0 saturated carbocycles. The van der Waals surface area contributed by atoms with Gasteiger partial charge in [-0.25, -0.2) is 14.7 Å². The van der Waals surface area contributed by atoms with Crippen molar-refractivity contribution in [2.75, 3.05) is 0 Å². The first kappa shape index (κ1) is 13.9. The van der Waals surface area contributed by atoms with E-state index in [1.165, 1.54) is 36.0 Å². The lowest BCUT2D eigenvalue weighted by atomic mass is 10.2. The highest BCUT2D eigenvalue weighted by Crippen LogP contribution is 2.19. The predicted molar refractivity (Wildman–Crippen MR) is 79.4 cm³/mol.